The fourth-order valence-corrected chi connectivity index (χ4v) is 3.79. The number of piperidine rings is 1. The summed E-state index contributed by atoms with van der Waals surface area (Å²) in [6.07, 6.45) is 7.25. The SMILES string of the molecule is CCC1CCCCN1C(=O)c1cncc(C(=O)Nc2cc(C)cc(C)c2)c1. The number of rotatable bonds is 4. The normalized spacial score (nSPS) is 16.9. The Labute approximate surface area is 160 Å². The van der Waals surface area contributed by atoms with Crippen molar-refractivity contribution in [2.24, 2.45) is 0 Å². The van der Waals surface area contributed by atoms with Crippen molar-refractivity contribution in [3.8, 4) is 0 Å². The van der Waals surface area contributed by atoms with Crippen LogP contribution in [0, 0.1) is 13.8 Å². The van der Waals surface area contributed by atoms with Crippen molar-refractivity contribution >= 4 is 17.5 Å². The highest BCUT2D eigenvalue weighted by molar-refractivity contribution is 6.06. The number of nitrogens with one attached hydrogen (secondary N) is 1. The molecule has 2 heterocycles. The molecular formula is C22H27N3O2. The lowest BCUT2D eigenvalue weighted by molar-refractivity contribution is 0.0607. The van der Waals surface area contributed by atoms with Crippen LogP contribution in [0.25, 0.3) is 0 Å². The number of aryl methyl sites for hydroxylation is 2. The van der Waals surface area contributed by atoms with Gasteiger partial charge in [0, 0.05) is 30.7 Å². The molecule has 5 heteroatoms. The molecule has 0 bridgehead atoms. The van der Waals surface area contributed by atoms with E-state index in [4.69, 9.17) is 0 Å². The number of nitrogens with zero attached hydrogens (tertiary/aromatic N) is 2. The number of benzene rings is 1. The molecule has 0 saturated carbocycles. The first-order valence-corrected chi connectivity index (χ1v) is 9.63. The molecule has 0 spiro atoms. The van der Waals surface area contributed by atoms with E-state index < -0.39 is 0 Å². The van der Waals surface area contributed by atoms with Crippen LogP contribution in [0.1, 0.15) is 64.4 Å². The molecule has 1 atom stereocenters. The molecule has 3 rings (SSSR count). The predicted molar refractivity (Wildman–Crippen MR) is 107 cm³/mol. The largest absolute Gasteiger partial charge is 0.336 e. The van der Waals surface area contributed by atoms with Gasteiger partial charge in [0.15, 0.2) is 0 Å². The summed E-state index contributed by atoms with van der Waals surface area (Å²) < 4.78 is 0. The van der Waals surface area contributed by atoms with E-state index in [1.54, 1.807) is 12.3 Å². The summed E-state index contributed by atoms with van der Waals surface area (Å²) in [5.74, 6) is -0.289. The van der Waals surface area contributed by atoms with Gasteiger partial charge >= 0.3 is 0 Å². The average Bonchev–Trinajstić information content (AvgIpc) is 2.66. The third kappa shape index (κ3) is 4.54. The Kier molecular flexibility index (Phi) is 5.89. The van der Waals surface area contributed by atoms with Gasteiger partial charge in [0.1, 0.15) is 0 Å². The van der Waals surface area contributed by atoms with Crippen LogP contribution in [0.4, 0.5) is 5.69 Å². The molecule has 2 aromatic rings. The van der Waals surface area contributed by atoms with E-state index in [9.17, 15) is 9.59 Å². The van der Waals surface area contributed by atoms with Gasteiger partial charge in [-0.05, 0) is 68.9 Å². The van der Waals surface area contributed by atoms with Crippen molar-refractivity contribution in [2.45, 2.75) is 52.5 Å². The molecule has 1 fully saturated rings. The van der Waals surface area contributed by atoms with Gasteiger partial charge < -0.3 is 10.2 Å². The smallest absolute Gasteiger partial charge is 0.257 e. The number of aromatic nitrogens is 1. The summed E-state index contributed by atoms with van der Waals surface area (Å²) in [6.45, 7) is 6.87. The monoisotopic (exact) mass is 365 g/mol. The van der Waals surface area contributed by atoms with Crippen molar-refractivity contribution in [1.29, 1.82) is 0 Å². The van der Waals surface area contributed by atoms with Crippen LogP contribution < -0.4 is 5.32 Å². The Morgan fingerprint density at radius 3 is 2.48 bits per heavy atom. The Hall–Kier alpha value is -2.69. The van der Waals surface area contributed by atoms with Gasteiger partial charge in [-0.2, -0.15) is 0 Å². The number of carbonyl (C=O) groups is 2. The van der Waals surface area contributed by atoms with Crippen molar-refractivity contribution in [3.63, 3.8) is 0 Å². The van der Waals surface area contributed by atoms with Crippen LogP contribution in [-0.2, 0) is 0 Å². The lowest BCUT2D eigenvalue weighted by Gasteiger charge is -2.35. The quantitative estimate of drug-likeness (QED) is 0.876. The molecule has 0 radical (unpaired) electrons. The van der Waals surface area contributed by atoms with Crippen LogP contribution in [-0.4, -0.2) is 34.3 Å². The molecule has 1 aromatic heterocycles. The average molecular weight is 365 g/mol. The highest BCUT2D eigenvalue weighted by Crippen LogP contribution is 2.22. The third-order valence-corrected chi connectivity index (χ3v) is 5.09. The molecule has 1 aliphatic heterocycles. The van der Waals surface area contributed by atoms with Gasteiger partial charge in [-0.1, -0.05) is 13.0 Å². The first kappa shape index (κ1) is 19.1. The maximum Gasteiger partial charge on any atom is 0.257 e. The van der Waals surface area contributed by atoms with Crippen molar-refractivity contribution in [3.05, 3.63) is 58.9 Å². The van der Waals surface area contributed by atoms with Crippen molar-refractivity contribution in [1.82, 2.24) is 9.88 Å². The highest BCUT2D eigenvalue weighted by atomic mass is 16.2. The number of hydrogen-bond acceptors (Lipinski definition) is 3. The van der Waals surface area contributed by atoms with E-state index in [0.29, 0.717) is 11.1 Å². The molecule has 142 valence electrons. The number of amides is 2. The van der Waals surface area contributed by atoms with Crippen molar-refractivity contribution < 1.29 is 9.59 Å². The van der Waals surface area contributed by atoms with E-state index in [-0.39, 0.29) is 17.9 Å². The fraction of sp³-hybridized carbons (Fsp3) is 0.409. The highest BCUT2D eigenvalue weighted by Gasteiger charge is 2.26. The summed E-state index contributed by atoms with van der Waals surface area (Å²) >= 11 is 0. The van der Waals surface area contributed by atoms with E-state index in [2.05, 4.69) is 23.3 Å². The van der Waals surface area contributed by atoms with Gasteiger partial charge in [0.05, 0.1) is 11.1 Å². The summed E-state index contributed by atoms with van der Waals surface area (Å²) in [4.78, 5) is 31.7. The molecule has 1 unspecified atom stereocenters. The topological polar surface area (TPSA) is 62.3 Å². The van der Waals surface area contributed by atoms with E-state index in [1.807, 2.05) is 30.9 Å². The van der Waals surface area contributed by atoms with Gasteiger partial charge in [0.2, 0.25) is 0 Å². The summed E-state index contributed by atoms with van der Waals surface area (Å²) in [5.41, 5.74) is 3.79. The van der Waals surface area contributed by atoms with Crippen LogP contribution in [0.3, 0.4) is 0 Å². The summed E-state index contributed by atoms with van der Waals surface area (Å²) in [7, 11) is 0. The zero-order chi connectivity index (χ0) is 19.4. The standard InChI is InChI=1S/C22H27N3O2/c1-4-20-7-5-6-8-25(20)22(27)18-12-17(13-23-14-18)21(26)24-19-10-15(2)9-16(3)11-19/h9-14,20H,4-8H2,1-3H3,(H,24,26). The number of pyridine rings is 1. The molecule has 1 saturated heterocycles. The van der Waals surface area contributed by atoms with Crippen LogP contribution in [0.5, 0.6) is 0 Å². The van der Waals surface area contributed by atoms with Crippen molar-refractivity contribution in [2.75, 3.05) is 11.9 Å². The predicted octanol–water partition coefficient (Wildman–Crippen LogP) is 4.36. The molecule has 27 heavy (non-hydrogen) atoms. The van der Waals surface area contributed by atoms with Gasteiger partial charge in [0.25, 0.3) is 11.8 Å². The van der Waals surface area contributed by atoms with E-state index in [1.165, 1.54) is 12.6 Å². The minimum Gasteiger partial charge on any atom is -0.336 e. The molecule has 1 aliphatic rings. The Bertz CT molecular complexity index is 827. The van der Waals surface area contributed by atoms with E-state index in [0.717, 1.165) is 42.6 Å². The number of hydrogen-bond donors (Lipinski definition) is 1. The Morgan fingerprint density at radius 1 is 1.07 bits per heavy atom. The second-order valence-corrected chi connectivity index (χ2v) is 7.35. The van der Waals surface area contributed by atoms with Gasteiger partial charge in [-0.15, -0.1) is 0 Å². The minimum atomic E-state index is -0.257. The molecular weight excluding hydrogens is 338 g/mol. The molecule has 1 aromatic carbocycles. The second-order valence-electron chi connectivity index (χ2n) is 7.35. The van der Waals surface area contributed by atoms with Crippen LogP contribution in [0.15, 0.2) is 36.7 Å². The zero-order valence-electron chi connectivity index (χ0n) is 16.3. The maximum atomic E-state index is 12.9. The summed E-state index contributed by atoms with van der Waals surface area (Å²) in [5, 5.41) is 2.90. The molecule has 5 nitrogen and oxygen atoms in total. The fourth-order valence-electron chi connectivity index (χ4n) is 3.79. The van der Waals surface area contributed by atoms with Gasteiger partial charge in [-0.25, -0.2) is 0 Å². The van der Waals surface area contributed by atoms with E-state index >= 15 is 0 Å². The Morgan fingerprint density at radius 2 is 1.78 bits per heavy atom. The first-order chi connectivity index (χ1) is 13.0. The summed E-state index contributed by atoms with van der Waals surface area (Å²) in [6, 6.07) is 7.83. The zero-order valence-corrected chi connectivity index (χ0v) is 16.3. The Balaban J connectivity index is 1.78. The third-order valence-electron chi connectivity index (χ3n) is 5.09. The molecule has 0 aliphatic carbocycles. The maximum absolute atomic E-state index is 12.9. The lowest BCUT2D eigenvalue weighted by atomic mass is 9.99. The molecule has 1 N–H and O–H groups in total. The second kappa shape index (κ2) is 8.33. The first-order valence-electron chi connectivity index (χ1n) is 9.63. The van der Waals surface area contributed by atoms with Crippen LogP contribution >= 0.6 is 0 Å². The minimum absolute atomic E-state index is 0.0323. The number of anilines is 1. The molecule has 2 amide bonds. The number of likely N-dealkylation sites (tertiary alicyclic amines) is 1. The lowest BCUT2D eigenvalue weighted by Crippen LogP contribution is -2.43. The number of carbonyl (C=O) groups excluding carboxylic acids is 2. The van der Waals surface area contributed by atoms with Gasteiger partial charge in [-0.3, -0.25) is 14.6 Å². The van der Waals surface area contributed by atoms with Crippen LogP contribution in [0.2, 0.25) is 0 Å².